The number of hydrogen-bond acceptors (Lipinski definition) is 6. The van der Waals surface area contributed by atoms with Crippen LogP contribution in [0.1, 0.15) is 15.9 Å². The third-order valence-corrected chi connectivity index (χ3v) is 5.62. The molecular formula is C22H18N4O4S. The molecule has 3 heterocycles. The van der Waals surface area contributed by atoms with E-state index in [0.29, 0.717) is 23.4 Å². The van der Waals surface area contributed by atoms with Crippen LogP contribution in [0.5, 0.6) is 0 Å². The third kappa shape index (κ3) is 4.36. The Balaban J connectivity index is 1.66. The molecule has 3 aromatic heterocycles. The van der Waals surface area contributed by atoms with Crippen LogP contribution in [-0.4, -0.2) is 38.1 Å². The molecule has 31 heavy (non-hydrogen) atoms. The molecule has 0 radical (unpaired) electrons. The first-order chi connectivity index (χ1) is 15.0. The monoisotopic (exact) mass is 434 g/mol. The van der Waals surface area contributed by atoms with E-state index in [1.54, 1.807) is 24.5 Å². The van der Waals surface area contributed by atoms with Gasteiger partial charge < -0.3 is 10.4 Å². The van der Waals surface area contributed by atoms with Crippen LogP contribution in [0.3, 0.4) is 0 Å². The first kappa shape index (κ1) is 20.4. The van der Waals surface area contributed by atoms with Gasteiger partial charge in [0.05, 0.1) is 10.9 Å². The van der Waals surface area contributed by atoms with E-state index in [4.69, 9.17) is 0 Å². The number of fused-ring (bicyclic) bond motifs is 1. The lowest BCUT2D eigenvalue weighted by Gasteiger charge is -2.13. The molecule has 0 aliphatic heterocycles. The molecule has 0 bridgehead atoms. The van der Waals surface area contributed by atoms with Crippen molar-refractivity contribution in [1.29, 1.82) is 0 Å². The van der Waals surface area contributed by atoms with Crippen molar-refractivity contribution in [3.8, 4) is 11.4 Å². The Kier molecular flexibility index (Phi) is 5.85. The van der Waals surface area contributed by atoms with Crippen LogP contribution < -0.4 is 10.9 Å². The fraction of sp³-hybridized carbons (Fsp3) is 0.136. The van der Waals surface area contributed by atoms with Crippen molar-refractivity contribution in [2.75, 3.05) is 6.54 Å². The van der Waals surface area contributed by atoms with Crippen molar-refractivity contribution in [2.24, 2.45) is 0 Å². The minimum absolute atomic E-state index is 0.00684. The van der Waals surface area contributed by atoms with Crippen molar-refractivity contribution < 1.29 is 14.7 Å². The van der Waals surface area contributed by atoms with E-state index in [2.05, 4.69) is 15.3 Å². The SMILES string of the molecule is O=C(Cn1c(-c2ccncc2)nc2scc(C(=O)O)c2c1=O)NCCc1ccccc1. The van der Waals surface area contributed by atoms with Gasteiger partial charge in [-0.25, -0.2) is 9.78 Å². The van der Waals surface area contributed by atoms with Crippen molar-refractivity contribution in [1.82, 2.24) is 19.9 Å². The Morgan fingerprint density at radius 3 is 2.55 bits per heavy atom. The maximum atomic E-state index is 13.2. The smallest absolute Gasteiger partial charge is 0.337 e. The summed E-state index contributed by atoms with van der Waals surface area (Å²) in [5.74, 6) is -1.28. The second kappa shape index (κ2) is 8.88. The van der Waals surface area contributed by atoms with Crippen molar-refractivity contribution >= 4 is 33.4 Å². The highest BCUT2D eigenvalue weighted by molar-refractivity contribution is 7.17. The van der Waals surface area contributed by atoms with Crippen LogP contribution in [0.4, 0.5) is 0 Å². The van der Waals surface area contributed by atoms with Crippen molar-refractivity contribution in [2.45, 2.75) is 13.0 Å². The van der Waals surface area contributed by atoms with Crippen molar-refractivity contribution in [3.63, 3.8) is 0 Å². The average molecular weight is 434 g/mol. The number of carboxylic acids is 1. The van der Waals surface area contributed by atoms with Gasteiger partial charge in [-0.2, -0.15) is 0 Å². The molecule has 156 valence electrons. The highest BCUT2D eigenvalue weighted by atomic mass is 32.1. The minimum Gasteiger partial charge on any atom is -0.478 e. The molecule has 0 saturated carbocycles. The zero-order valence-electron chi connectivity index (χ0n) is 16.3. The Hall–Kier alpha value is -3.85. The molecule has 8 nitrogen and oxygen atoms in total. The zero-order valence-corrected chi connectivity index (χ0v) is 17.1. The lowest BCUT2D eigenvalue weighted by Crippen LogP contribution is -2.34. The molecule has 0 aliphatic carbocycles. The van der Waals surface area contributed by atoms with E-state index >= 15 is 0 Å². The molecule has 0 atom stereocenters. The Morgan fingerprint density at radius 1 is 1.10 bits per heavy atom. The molecule has 4 rings (SSSR count). The topological polar surface area (TPSA) is 114 Å². The molecule has 9 heteroatoms. The summed E-state index contributed by atoms with van der Waals surface area (Å²) in [5.41, 5.74) is 1.02. The van der Waals surface area contributed by atoms with E-state index in [0.717, 1.165) is 16.9 Å². The van der Waals surface area contributed by atoms with Gasteiger partial charge in [0.2, 0.25) is 5.91 Å². The largest absolute Gasteiger partial charge is 0.478 e. The number of nitrogens with zero attached hydrogens (tertiary/aromatic N) is 3. The van der Waals surface area contributed by atoms with Crippen LogP contribution in [-0.2, 0) is 17.8 Å². The number of benzene rings is 1. The van der Waals surface area contributed by atoms with Gasteiger partial charge in [0.15, 0.2) is 0 Å². The zero-order chi connectivity index (χ0) is 21.8. The average Bonchev–Trinajstić information content (AvgIpc) is 3.22. The number of carboxylic acid groups (broad SMARTS) is 1. The van der Waals surface area contributed by atoms with Gasteiger partial charge in [-0.1, -0.05) is 30.3 Å². The number of carbonyl (C=O) groups excluding carboxylic acids is 1. The number of carbonyl (C=O) groups is 2. The van der Waals surface area contributed by atoms with Crippen LogP contribution in [0, 0.1) is 0 Å². The summed E-state index contributed by atoms with van der Waals surface area (Å²) in [4.78, 5) is 46.1. The first-order valence-corrected chi connectivity index (χ1v) is 10.4. The quantitative estimate of drug-likeness (QED) is 0.462. The maximum Gasteiger partial charge on any atom is 0.337 e. The molecule has 0 unspecified atom stereocenters. The summed E-state index contributed by atoms with van der Waals surface area (Å²) >= 11 is 1.08. The molecule has 2 N–H and O–H groups in total. The Labute approximate surface area is 180 Å². The van der Waals surface area contributed by atoms with Gasteiger partial charge in [0.1, 0.15) is 17.2 Å². The van der Waals surface area contributed by atoms with E-state index < -0.39 is 11.5 Å². The highest BCUT2D eigenvalue weighted by Gasteiger charge is 2.21. The predicted molar refractivity (Wildman–Crippen MR) is 117 cm³/mol. The molecule has 1 aromatic carbocycles. The van der Waals surface area contributed by atoms with Crippen LogP contribution in [0.15, 0.2) is 65.0 Å². The summed E-state index contributed by atoms with van der Waals surface area (Å²) < 4.78 is 1.22. The number of aromatic nitrogens is 3. The van der Waals surface area contributed by atoms with Gasteiger partial charge in [-0.05, 0) is 24.1 Å². The molecule has 0 aliphatic rings. The molecule has 0 fully saturated rings. The Morgan fingerprint density at radius 2 is 1.84 bits per heavy atom. The second-order valence-corrected chi connectivity index (χ2v) is 7.64. The second-order valence-electron chi connectivity index (χ2n) is 6.78. The van der Waals surface area contributed by atoms with Crippen LogP contribution >= 0.6 is 11.3 Å². The van der Waals surface area contributed by atoms with E-state index in [1.165, 1.54) is 9.95 Å². The van der Waals surface area contributed by atoms with E-state index in [9.17, 15) is 19.5 Å². The number of pyridine rings is 1. The maximum absolute atomic E-state index is 13.2. The first-order valence-electron chi connectivity index (χ1n) is 9.51. The van der Waals surface area contributed by atoms with Gasteiger partial charge in [0.25, 0.3) is 5.56 Å². The van der Waals surface area contributed by atoms with Gasteiger partial charge in [-0.15, -0.1) is 11.3 Å². The summed E-state index contributed by atoms with van der Waals surface area (Å²) in [7, 11) is 0. The molecule has 1 amide bonds. The number of thiophene rings is 1. The summed E-state index contributed by atoms with van der Waals surface area (Å²) in [5, 5.41) is 13.6. The summed E-state index contributed by atoms with van der Waals surface area (Å²) in [6, 6.07) is 13.1. The molecule has 0 saturated heterocycles. The van der Waals surface area contributed by atoms with E-state index in [-0.39, 0.29) is 29.2 Å². The predicted octanol–water partition coefficient (Wildman–Crippen LogP) is 2.58. The van der Waals surface area contributed by atoms with Crippen LogP contribution in [0.2, 0.25) is 0 Å². The number of amides is 1. The van der Waals surface area contributed by atoms with Gasteiger partial charge in [-0.3, -0.25) is 19.1 Å². The summed E-state index contributed by atoms with van der Waals surface area (Å²) in [6.45, 7) is 0.139. The third-order valence-electron chi connectivity index (χ3n) is 4.74. The number of nitrogens with one attached hydrogen (secondary N) is 1. The molecule has 4 aromatic rings. The van der Waals surface area contributed by atoms with Gasteiger partial charge >= 0.3 is 5.97 Å². The lowest BCUT2D eigenvalue weighted by molar-refractivity contribution is -0.121. The lowest BCUT2D eigenvalue weighted by atomic mass is 10.1. The Bertz CT molecular complexity index is 1300. The van der Waals surface area contributed by atoms with Crippen molar-refractivity contribution in [3.05, 3.63) is 81.7 Å². The molecular weight excluding hydrogens is 416 g/mol. The minimum atomic E-state index is -1.21. The fourth-order valence-electron chi connectivity index (χ4n) is 3.24. The number of hydrogen-bond donors (Lipinski definition) is 2. The normalized spacial score (nSPS) is 10.8. The number of rotatable bonds is 7. The fourth-order valence-corrected chi connectivity index (χ4v) is 4.14. The molecule has 0 spiro atoms. The standard InChI is InChI=1S/C22H18N4O4S/c27-17(24-11-6-14-4-2-1-3-5-14)12-26-19(15-7-9-23-10-8-15)25-20-18(21(26)28)16(13-31-20)22(29)30/h1-5,7-10,13H,6,11-12H2,(H,24,27)(H,29,30). The summed E-state index contributed by atoms with van der Waals surface area (Å²) in [6.07, 6.45) is 3.78. The number of aromatic carboxylic acids is 1. The van der Waals surface area contributed by atoms with Gasteiger partial charge in [0, 0.05) is 29.9 Å². The van der Waals surface area contributed by atoms with Crippen LogP contribution in [0.25, 0.3) is 21.6 Å². The van der Waals surface area contributed by atoms with E-state index in [1.807, 2.05) is 30.3 Å². The highest BCUT2D eigenvalue weighted by Crippen LogP contribution is 2.25.